The number of aliphatic hydroxyl groups excluding tert-OH is 1. The van der Waals surface area contributed by atoms with Crippen LogP contribution in [0.2, 0.25) is 0 Å². The Morgan fingerprint density at radius 2 is 0.949 bits per heavy atom. The van der Waals surface area contributed by atoms with Crippen LogP contribution in [0.3, 0.4) is 0 Å². The molecule has 6 nitrogen and oxygen atoms in total. The number of unbranched alkanes of at least 4 members (excludes halogenated alkanes) is 6. The maximum absolute atomic E-state index is 8.40. The fourth-order valence-corrected chi connectivity index (χ4v) is 3.54. The van der Waals surface area contributed by atoms with Crippen molar-refractivity contribution >= 4 is 22.6 Å². The maximum atomic E-state index is 8.40. The molecule has 0 amide bonds. The molecule has 0 aliphatic carbocycles. The Labute approximate surface area is 251 Å². The van der Waals surface area contributed by atoms with Gasteiger partial charge in [-0.2, -0.15) is 0 Å². The number of aliphatic hydroxyl groups is 1. The van der Waals surface area contributed by atoms with E-state index in [0.29, 0.717) is 46.2 Å². The van der Waals surface area contributed by atoms with E-state index in [2.05, 4.69) is 48.6 Å². The summed E-state index contributed by atoms with van der Waals surface area (Å²) >= 11 is 2.28. The Bertz CT molecular complexity index is 680. The number of rotatable bonds is 22. The summed E-state index contributed by atoms with van der Waals surface area (Å²) in [5.74, 6) is 0.887. The van der Waals surface area contributed by atoms with E-state index in [-0.39, 0.29) is 6.61 Å². The first-order chi connectivity index (χ1) is 19.2. The quantitative estimate of drug-likeness (QED) is 0.104. The predicted molar refractivity (Wildman–Crippen MR) is 170 cm³/mol. The maximum Gasteiger partial charge on any atom is 0.119 e. The van der Waals surface area contributed by atoms with Crippen LogP contribution in [0.1, 0.15) is 65.2 Å². The Hall–Kier alpha value is -1.23. The second kappa shape index (κ2) is 33.0. The van der Waals surface area contributed by atoms with Crippen molar-refractivity contribution in [1.29, 1.82) is 0 Å². The molecule has 2 aromatic rings. The van der Waals surface area contributed by atoms with Crippen molar-refractivity contribution in [3.05, 3.63) is 64.2 Å². The lowest BCUT2D eigenvalue weighted by Gasteiger charge is -2.07. The van der Waals surface area contributed by atoms with E-state index in [1.165, 1.54) is 42.1 Å². The summed E-state index contributed by atoms with van der Waals surface area (Å²) in [6, 6.07) is 20.0. The molecule has 0 atom stereocenters. The van der Waals surface area contributed by atoms with Crippen molar-refractivity contribution in [1.82, 2.24) is 0 Å². The second-order valence-electron chi connectivity index (χ2n) is 8.75. The molecule has 0 saturated carbocycles. The molecule has 0 fully saturated rings. The fraction of sp³-hybridized carbons (Fsp3) is 0.625. The summed E-state index contributed by atoms with van der Waals surface area (Å²) in [7, 11) is 0. The highest BCUT2D eigenvalue weighted by Crippen LogP contribution is 2.07. The largest absolute Gasteiger partial charge is 0.491 e. The van der Waals surface area contributed by atoms with E-state index in [4.69, 9.17) is 28.8 Å². The van der Waals surface area contributed by atoms with Gasteiger partial charge in [0.05, 0.1) is 46.2 Å². The van der Waals surface area contributed by atoms with Crippen LogP contribution in [0.15, 0.2) is 60.7 Å². The SMILES string of the molecule is CCCCCCOCCOCCO.CCCCCCOCCOCCOc1ccccc1.Ic1ccccc1. The normalized spacial score (nSPS) is 10.3. The molecule has 1 N–H and O–H groups in total. The lowest BCUT2D eigenvalue weighted by Crippen LogP contribution is -2.11. The topological polar surface area (TPSA) is 66.4 Å². The standard InChI is InChI=1S/C16H26O3.C10H22O3.C6H5I/c1-2-3-4-8-11-17-12-13-18-14-15-19-16-9-6-5-7-10-16;1-2-3-4-5-7-12-9-10-13-8-6-11;7-6-4-2-1-3-5-6/h5-7,9-10H,2-4,8,11-15H2,1H3;11H,2-10H2,1H3;1-5H. The minimum Gasteiger partial charge on any atom is -0.491 e. The van der Waals surface area contributed by atoms with E-state index in [0.717, 1.165) is 31.8 Å². The third-order valence-electron chi connectivity index (χ3n) is 5.24. The van der Waals surface area contributed by atoms with Gasteiger partial charge in [0, 0.05) is 16.8 Å². The van der Waals surface area contributed by atoms with E-state index < -0.39 is 0 Å². The van der Waals surface area contributed by atoms with E-state index >= 15 is 0 Å². The van der Waals surface area contributed by atoms with Gasteiger partial charge in [-0.3, -0.25) is 0 Å². The molecule has 0 saturated heterocycles. The molecule has 0 aliphatic rings. The summed E-state index contributed by atoms with van der Waals surface area (Å²) in [6.07, 6.45) is 9.96. The van der Waals surface area contributed by atoms with Gasteiger partial charge in [-0.05, 0) is 59.7 Å². The number of halogens is 1. The average molecular weight is 661 g/mol. The van der Waals surface area contributed by atoms with Crippen LogP contribution in [-0.2, 0) is 18.9 Å². The highest BCUT2D eigenvalue weighted by Gasteiger charge is 1.94. The molecule has 0 unspecified atom stereocenters. The van der Waals surface area contributed by atoms with Crippen LogP contribution in [-0.4, -0.2) is 71.2 Å². The van der Waals surface area contributed by atoms with Gasteiger partial charge in [0.2, 0.25) is 0 Å². The van der Waals surface area contributed by atoms with Gasteiger partial charge in [0.15, 0.2) is 0 Å². The Kier molecular flexibility index (Phi) is 31.9. The molecule has 0 bridgehead atoms. The number of hydrogen-bond donors (Lipinski definition) is 1. The van der Waals surface area contributed by atoms with Crippen LogP contribution in [0, 0.1) is 3.57 Å². The zero-order chi connectivity index (χ0) is 28.5. The molecule has 0 aliphatic heterocycles. The lowest BCUT2D eigenvalue weighted by atomic mass is 10.2. The highest BCUT2D eigenvalue weighted by molar-refractivity contribution is 14.1. The van der Waals surface area contributed by atoms with Crippen molar-refractivity contribution in [2.45, 2.75) is 65.2 Å². The van der Waals surface area contributed by atoms with E-state index in [1.54, 1.807) is 0 Å². The summed E-state index contributed by atoms with van der Waals surface area (Å²) < 4.78 is 28.1. The molecule has 0 aromatic heterocycles. The molecule has 7 heteroatoms. The summed E-state index contributed by atoms with van der Waals surface area (Å²) in [6.45, 7) is 10.4. The van der Waals surface area contributed by atoms with Gasteiger partial charge >= 0.3 is 0 Å². The zero-order valence-electron chi connectivity index (χ0n) is 24.4. The summed E-state index contributed by atoms with van der Waals surface area (Å²) in [5.41, 5.74) is 0. The van der Waals surface area contributed by atoms with Crippen LogP contribution < -0.4 is 4.74 Å². The van der Waals surface area contributed by atoms with Gasteiger partial charge in [0.1, 0.15) is 12.4 Å². The molecular formula is C32H53IO6. The third-order valence-corrected chi connectivity index (χ3v) is 5.96. The highest BCUT2D eigenvalue weighted by atomic mass is 127. The Morgan fingerprint density at radius 3 is 1.38 bits per heavy atom. The molecule has 39 heavy (non-hydrogen) atoms. The van der Waals surface area contributed by atoms with Gasteiger partial charge in [-0.1, -0.05) is 88.8 Å². The van der Waals surface area contributed by atoms with Gasteiger partial charge < -0.3 is 28.8 Å². The second-order valence-corrected chi connectivity index (χ2v) is 10.00. The van der Waals surface area contributed by atoms with E-state index in [9.17, 15) is 0 Å². The van der Waals surface area contributed by atoms with Gasteiger partial charge in [-0.25, -0.2) is 0 Å². The molecule has 0 radical (unpaired) electrons. The summed E-state index contributed by atoms with van der Waals surface area (Å²) in [5, 5.41) is 8.40. The molecular weight excluding hydrogens is 607 g/mol. The molecule has 2 aromatic carbocycles. The smallest absolute Gasteiger partial charge is 0.119 e. The Morgan fingerprint density at radius 1 is 0.513 bits per heavy atom. The van der Waals surface area contributed by atoms with E-state index in [1.807, 2.05) is 48.5 Å². The molecule has 0 heterocycles. The van der Waals surface area contributed by atoms with Crippen molar-refractivity contribution in [2.24, 2.45) is 0 Å². The lowest BCUT2D eigenvalue weighted by molar-refractivity contribution is 0.0321. The minimum atomic E-state index is 0.0938. The zero-order valence-corrected chi connectivity index (χ0v) is 26.5. The number of benzene rings is 2. The first-order valence-corrected chi connectivity index (χ1v) is 15.6. The first-order valence-electron chi connectivity index (χ1n) is 14.5. The predicted octanol–water partition coefficient (Wildman–Crippen LogP) is 7.56. The van der Waals surface area contributed by atoms with Crippen LogP contribution in [0.5, 0.6) is 5.75 Å². The van der Waals surface area contributed by atoms with Crippen molar-refractivity contribution in [3.8, 4) is 5.75 Å². The molecule has 2 rings (SSSR count). The molecule has 224 valence electrons. The number of ether oxygens (including phenoxy) is 5. The number of para-hydroxylation sites is 1. The summed E-state index contributed by atoms with van der Waals surface area (Å²) in [4.78, 5) is 0. The number of hydrogen-bond acceptors (Lipinski definition) is 6. The van der Waals surface area contributed by atoms with Gasteiger partial charge in [-0.15, -0.1) is 0 Å². The van der Waals surface area contributed by atoms with Crippen molar-refractivity contribution in [3.63, 3.8) is 0 Å². The fourth-order valence-electron chi connectivity index (χ4n) is 3.12. The van der Waals surface area contributed by atoms with Crippen LogP contribution >= 0.6 is 22.6 Å². The Balaban J connectivity index is 0.000000620. The molecule has 0 spiro atoms. The minimum absolute atomic E-state index is 0.0938. The third kappa shape index (κ3) is 31.2. The monoisotopic (exact) mass is 660 g/mol. The van der Waals surface area contributed by atoms with Crippen LogP contribution in [0.25, 0.3) is 0 Å². The van der Waals surface area contributed by atoms with Gasteiger partial charge in [0.25, 0.3) is 0 Å². The average Bonchev–Trinajstić information content (AvgIpc) is 2.97. The first kappa shape index (κ1) is 37.8. The van der Waals surface area contributed by atoms with Crippen molar-refractivity contribution < 1.29 is 28.8 Å². The van der Waals surface area contributed by atoms with Crippen LogP contribution in [0.4, 0.5) is 0 Å². The van der Waals surface area contributed by atoms with Crippen molar-refractivity contribution in [2.75, 3.05) is 66.1 Å².